The highest BCUT2D eigenvalue weighted by molar-refractivity contribution is 14.0. The number of hydrogen-bond donors (Lipinski definition) is 2. The molecule has 130 valence electrons. The van der Waals surface area contributed by atoms with Crippen LogP contribution in [0.3, 0.4) is 0 Å². The molecule has 23 heavy (non-hydrogen) atoms. The predicted octanol–water partition coefficient (Wildman–Crippen LogP) is 2.83. The summed E-state index contributed by atoms with van der Waals surface area (Å²) in [7, 11) is 5.12. The molecule has 0 aliphatic heterocycles. The van der Waals surface area contributed by atoms with E-state index in [4.69, 9.17) is 9.47 Å². The quantitative estimate of drug-likeness (QED) is 0.376. The summed E-state index contributed by atoms with van der Waals surface area (Å²) in [6.07, 6.45) is 4.94. The number of halogens is 1. The van der Waals surface area contributed by atoms with Gasteiger partial charge in [-0.15, -0.1) is 24.0 Å². The molecule has 5 nitrogen and oxygen atoms in total. The monoisotopic (exact) mass is 433 g/mol. The second kappa shape index (κ2) is 10.6. The van der Waals surface area contributed by atoms with E-state index in [1.165, 1.54) is 24.8 Å². The molecule has 1 aliphatic rings. The molecule has 1 aromatic carbocycles. The van der Waals surface area contributed by atoms with Crippen LogP contribution in [0.5, 0.6) is 11.5 Å². The average Bonchev–Trinajstić information content (AvgIpc) is 3.37. The number of methoxy groups -OCH3 is 2. The molecule has 2 rings (SSSR count). The van der Waals surface area contributed by atoms with Gasteiger partial charge in [-0.2, -0.15) is 0 Å². The normalized spacial score (nSPS) is 14.0. The highest BCUT2D eigenvalue weighted by Crippen LogP contribution is 2.31. The van der Waals surface area contributed by atoms with Crippen LogP contribution in [0.15, 0.2) is 23.2 Å². The van der Waals surface area contributed by atoms with Gasteiger partial charge >= 0.3 is 0 Å². The summed E-state index contributed by atoms with van der Waals surface area (Å²) in [6, 6.07) is 6.02. The van der Waals surface area contributed by atoms with E-state index in [-0.39, 0.29) is 24.0 Å². The van der Waals surface area contributed by atoms with Crippen LogP contribution in [-0.4, -0.2) is 40.3 Å². The number of benzene rings is 1. The van der Waals surface area contributed by atoms with Gasteiger partial charge in [0.2, 0.25) is 0 Å². The summed E-state index contributed by atoms with van der Waals surface area (Å²) in [5.74, 6) is 3.35. The zero-order valence-electron chi connectivity index (χ0n) is 14.2. The van der Waals surface area contributed by atoms with E-state index in [0.29, 0.717) is 0 Å². The Morgan fingerprint density at radius 3 is 2.43 bits per heavy atom. The molecule has 0 unspecified atom stereocenters. The summed E-state index contributed by atoms with van der Waals surface area (Å²) in [4.78, 5) is 4.25. The van der Waals surface area contributed by atoms with Gasteiger partial charge < -0.3 is 20.1 Å². The Balaban J connectivity index is 0.00000264. The third-order valence-corrected chi connectivity index (χ3v) is 3.92. The Kier molecular flexibility index (Phi) is 9.13. The highest BCUT2D eigenvalue weighted by Gasteiger charge is 2.20. The minimum Gasteiger partial charge on any atom is -0.493 e. The topological polar surface area (TPSA) is 54.9 Å². The van der Waals surface area contributed by atoms with Crippen LogP contribution in [0.4, 0.5) is 0 Å². The van der Waals surface area contributed by atoms with E-state index in [9.17, 15) is 0 Å². The smallest absolute Gasteiger partial charge is 0.190 e. The zero-order chi connectivity index (χ0) is 15.8. The fraction of sp³-hybridized carbons (Fsp3) is 0.588. The Morgan fingerprint density at radius 2 is 1.83 bits per heavy atom. The van der Waals surface area contributed by atoms with Gasteiger partial charge in [-0.1, -0.05) is 18.9 Å². The van der Waals surface area contributed by atoms with Gasteiger partial charge in [0.1, 0.15) is 0 Å². The van der Waals surface area contributed by atoms with E-state index in [1.54, 1.807) is 14.2 Å². The maximum absolute atomic E-state index is 5.33. The first kappa shape index (κ1) is 19.9. The predicted molar refractivity (Wildman–Crippen MR) is 105 cm³/mol. The van der Waals surface area contributed by atoms with Gasteiger partial charge in [0.15, 0.2) is 17.5 Å². The number of rotatable bonds is 8. The fourth-order valence-electron chi connectivity index (χ4n) is 2.38. The molecule has 0 atom stereocenters. The molecule has 1 saturated carbocycles. The molecule has 0 radical (unpaired) electrons. The maximum atomic E-state index is 5.33. The van der Waals surface area contributed by atoms with Crippen LogP contribution in [0.2, 0.25) is 0 Å². The van der Waals surface area contributed by atoms with Crippen molar-refractivity contribution in [2.24, 2.45) is 10.9 Å². The maximum Gasteiger partial charge on any atom is 0.190 e. The molecule has 0 spiro atoms. The molecule has 0 bridgehead atoms. The van der Waals surface area contributed by atoms with Gasteiger partial charge in [0.25, 0.3) is 0 Å². The second-order valence-electron chi connectivity index (χ2n) is 5.60. The average molecular weight is 433 g/mol. The summed E-state index contributed by atoms with van der Waals surface area (Å²) in [6.45, 7) is 1.83. The SMILES string of the molecule is CN=C(NCCc1ccc(OC)c(OC)c1)NCCC1CC1.I. The van der Waals surface area contributed by atoms with Gasteiger partial charge in [-0.3, -0.25) is 4.99 Å². The van der Waals surface area contributed by atoms with Gasteiger partial charge in [-0.25, -0.2) is 0 Å². The summed E-state index contributed by atoms with van der Waals surface area (Å²) in [5, 5.41) is 6.71. The van der Waals surface area contributed by atoms with E-state index in [0.717, 1.165) is 42.9 Å². The summed E-state index contributed by atoms with van der Waals surface area (Å²) >= 11 is 0. The van der Waals surface area contributed by atoms with Crippen LogP contribution in [0.25, 0.3) is 0 Å². The first-order chi connectivity index (χ1) is 10.8. The van der Waals surface area contributed by atoms with Crippen molar-refractivity contribution in [1.82, 2.24) is 10.6 Å². The van der Waals surface area contributed by atoms with Crippen LogP contribution in [0.1, 0.15) is 24.8 Å². The minimum atomic E-state index is 0. The van der Waals surface area contributed by atoms with E-state index < -0.39 is 0 Å². The van der Waals surface area contributed by atoms with Crippen molar-refractivity contribution in [3.8, 4) is 11.5 Å². The summed E-state index contributed by atoms with van der Waals surface area (Å²) in [5.41, 5.74) is 1.21. The Labute approximate surface area is 156 Å². The third-order valence-electron chi connectivity index (χ3n) is 3.92. The van der Waals surface area contributed by atoms with Crippen molar-refractivity contribution < 1.29 is 9.47 Å². The number of hydrogen-bond acceptors (Lipinski definition) is 3. The van der Waals surface area contributed by atoms with Gasteiger partial charge in [0.05, 0.1) is 14.2 Å². The van der Waals surface area contributed by atoms with Gasteiger partial charge in [0, 0.05) is 20.1 Å². The van der Waals surface area contributed by atoms with Crippen molar-refractivity contribution >= 4 is 29.9 Å². The van der Waals surface area contributed by atoms with E-state index in [2.05, 4.69) is 21.7 Å². The second-order valence-corrected chi connectivity index (χ2v) is 5.60. The number of aliphatic imine (C=N–C) groups is 1. The number of guanidine groups is 1. The molecule has 1 aliphatic carbocycles. The standard InChI is InChI=1S/C17H27N3O2.HI/c1-18-17(19-10-8-13-4-5-13)20-11-9-14-6-7-15(21-2)16(12-14)22-3;/h6-7,12-13H,4-5,8-11H2,1-3H3,(H2,18,19,20);1H. The van der Waals surface area contributed by atoms with Crippen molar-refractivity contribution in [1.29, 1.82) is 0 Å². The molecule has 0 heterocycles. The number of ether oxygens (including phenoxy) is 2. The number of nitrogens with zero attached hydrogens (tertiary/aromatic N) is 1. The van der Waals surface area contributed by atoms with Crippen molar-refractivity contribution in [2.75, 3.05) is 34.4 Å². The van der Waals surface area contributed by atoms with Crippen LogP contribution < -0.4 is 20.1 Å². The van der Waals surface area contributed by atoms with Crippen molar-refractivity contribution in [3.05, 3.63) is 23.8 Å². The molecule has 1 fully saturated rings. The molecule has 0 aromatic heterocycles. The molecular formula is C17H28IN3O2. The lowest BCUT2D eigenvalue weighted by Crippen LogP contribution is -2.38. The van der Waals surface area contributed by atoms with Crippen molar-refractivity contribution in [2.45, 2.75) is 25.7 Å². The Bertz CT molecular complexity index is 505. The minimum absolute atomic E-state index is 0. The fourth-order valence-corrected chi connectivity index (χ4v) is 2.38. The third kappa shape index (κ3) is 6.85. The van der Waals surface area contributed by atoms with E-state index in [1.807, 2.05) is 19.2 Å². The Hall–Kier alpha value is -1.18. The first-order valence-electron chi connectivity index (χ1n) is 7.92. The molecule has 0 amide bonds. The van der Waals surface area contributed by atoms with Crippen LogP contribution >= 0.6 is 24.0 Å². The zero-order valence-corrected chi connectivity index (χ0v) is 16.6. The largest absolute Gasteiger partial charge is 0.493 e. The van der Waals surface area contributed by atoms with E-state index >= 15 is 0 Å². The Morgan fingerprint density at radius 1 is 1.13 bits per heavy atom. The molecule has 2 N–H and O–H groups in total. The van der Waals surface area contributed by atoms with Crippen LogP contribution in [0, 0.1) is 5.92 Å². The summed E-state index contributed by atoms with van der Waals surface area (Å²) < 4.78 is 10.6. The lowest BCUT2D eigenvalue weighted by atomic mass is 10.1. The number of nitrogens with one attached hydrogen (secondary N) is 2. The molecule has 1 aromatic rings. The van der Waals surface area contributed by atoms with Gasteiger partial charge in [-0.05, 0) is 36.5 Å². The van der Waals surface area contributed by atoms with Crippen LogP contribution in [-0.2, 0) is 6.42 Å². The molecule has 6 heteroatoms. The highest BCUT2D eigenvalue weighted by atomic mass is 127. The lowest BCUT2D eigenvalue weighted by molar-refractivity contribution is 0.354. The molecule has 0 saturated heterocycles. The molecular weight excluding hydrogens is 405 g/mol. The lowest BCUT2D eigenvalue weighted by Gasteiger charge is -2.13. The first-order valence-corrected chi connectivity index (χ1v) is 7.92. The van der Waals surface area contributed by atoms with Crippen molar-refractivity contribution in [3.63, 3.8) is 0 Å².